The first-order valence-corrected chi connectivity index (χ1v) is 9.70. The summed E-state index contributed by atoms with van der Waals surface area (Å²) in [5.74, 6) is -0.131. The third-order valence-corrected chi connectivity index (χ3v) is 5.16. The topological polar surface area (TPSA) is 82.2 Å². The summed E-state index contributed by atoms with van der Waals surface area (Å²) in [6.07, 6.45) is 3.43. The van der Waals surface area contributed by atoms with Crippen LogP contribution < -0.4 is 0 Å². The van der Waals surface area contributed by atoms with E-state index in [1.807, 2.05) is 47.0 Å². The van der Waals surface area contributed by atoms with Gasteiger partial charge in [-0.15, -0.1) is 0 Å². The Kier molecular flexibility index (Phi) is 5.57. The van der Waals surface area contributed by atoms with E-state index in [9.17, 15) is 9.59 Å². The molecule has 7 nitrogen and oxygen atoms in total. The van der Waals surface area contributed by atoms with E-state index in [1.54, 1.807) is 34.5 Å². The highest BCUT2D eigenvalue weighted by Crippen LogP contribution is 2.15. The van der Waals surface area contributed by atoms with E-state index in [0.717, 1.165) is 16.8 Å². The quantitative estimate of drug-likeness (QED) is 0.636. The van der Waals surface area contributed by atoms with Crippen LogP contribution in [-0.2, 0) is 29.2 Å². The van der Waals surface area contributed by atoms with E-state index in [4.69, 9.17) is 5.26 Å². The predicted molar refractivity (Wildman–Crippen MR) is 110 cm³/mol. The highest BCUT2D eigenvalue weighted by Gasteiger charge is 2.30. The molecule has 3 aromatic rings. The minimum absolute atomic E-state index is 0.0587. The number of nitriles is 1. The Balaban J connectivity index is 1.40. The van der Waals surface area contributed by atoms with E-state index in [-0.39, 0.29) is 24.9 Å². The number of piperazine rings is 1. The molecular formula is C23H21N5O2. The van der Waals surface area contributed by atoms with Crippen molar-refractivity contribution in [3.8, 4) is 6.07 Å². The van der Waals surface area contributed by atoms with Gasteiger partial charge in [0.1, 0.15) is 13.1 Å². The summed E-state index contributed by atoms with van der Waals surface area (Å²) in [5.41, 5.74) is 3.51. The lowest BCUT2D eigenvalue weighted by atomic mass is 10.1. The summed E-state index contributed by atoms with van der Waals surface area (Å²) < 4.78 is 1.95. The number of carbonyl (C=O) groups is 2. The summed E-state index contributed by atoms with van der Waals surface area (Å²) >= 11 is 0. The first-order valence-electron chi connectivity index (χ1n) is 9.70. The van der Waals surface area contributed by atoms with Crippen molar-refractivity contribution in [3.63, 3.8) is 0 Å². The van der Waals surface area contributed by atoms with Crippen LogP contribution in [0.15, 0.2) is 67.1 Å². The zero-order valence-corrected chi connectivity index (χ0v) is 16.4. The van der Waals surface area contributed by atoms with E-state index < -0.39 is 0 Å². The number of amides is 2. The van der Waals surface area contributed by atoms with Crippen LogP contribution in [0, 0.1) is 11.3 Å². The van der Waals surface area contributed by atoms with Gasteiger partial charge in [0.05, 0.1) is 30.2 Å². The summed E-state index contributed by atoms with van der Waals surface area (Å²) in [6, 6.07) is 19.1. The molecule has 0 atom stereocenters. The molecular weight excluding hydrogens is 378 g/mol. The lowest BCUT2D eigenvalue weighted by Gasteiger charge is -2.34. The Morgan fingerprint density at radius 1 is 0.833 bits per heavy atom. The van der Waals surface area contributed by atoms with Gasteiger partial charge in [-0.05, 0) is 23.3 Å². The van der Waals surface area contributed by atoms with Crippen molar-refractivity contribution in [2.75, 3.05) is 13.1 Å². The lowest BCUT2D eigenvalue weighted by Crippen LogP contribution is -2.53. The first kappa shape index (κ1) is 19.4. The molecule has 2 heterocycles. The lowest BCUT2D eigenvalue weighted by molar-refractivity contribution is -0.151. The van der Waals surface area contributed by atoms with Gasteiger partial charge in [0.25, 0.3) is 0 Å². The smallest absolute Gasteiger partial charge is 0.243 e. The van der Waals surface area contributed by atoms with Gasteiger partial charge >= 0.3 is 0 Å². The molecule has 0 saturated carbocycles. The molecule has 2 amide bonds. The molecule has 150 valence electrons. The average molecular weight is 399 g/mol. The fourth-order valence-electron chi connectivity index (χ4n) is 3.49. The van der Waals surface area contributed by atoms with Crippen LogP contribution in [0.3, 0.4) is 0 Å². The number of aromatic nitrogens is 2. The molecule has 1 aliphatic heterocycles. The molecule has 0 bridgehead atoms. The third kappa shape index (κ3) is 4.39. The third-order valence-electron chi connectivity index (χ3n) is 5.16. The van der Waals surface area contributed by atoms with Crippen molar-refractivity contribution in [2.45, 2.75) is 19.6 Å². The molecule has 0 N–H and O–H groups in total. The SMILES string of the molecule is N#Cc1ccc(Cn2cncc2CN2CC(=O)N(Cc3ccccc3)CC2=O)cc1. The normalized spacial score (nSPS) is 14.1. The van der Waals surface area contributed by atoms with Crippen molar-refractivity contribution in [3.05, 3.63) is 89.5 Å². The second-order valence-corrected chi connectivity index (χ2v) is 7.31. The average Bonchev–Trinajstić information content (AvgIpc) is 3.19. The van der Waals surface area contributed by atoms with Gasteiger partial charge in [-0.1, -0.05) is 42.5 Å². The van der Waals surface area contributed by atoms with Crippen LogP contribution in [0.1, 0.15) is 22.4 Å². The van der Waals surface area contributed by atoms with Gasteiger partial charge in [-0.3, -0.25) is 9.59 Å². The number of hydrogen-bond donors (Lipinski definition) is 0. The van der Waals surface area contributed by atoms with Crippen molar-refractivity contribution in [1.29, 1.82) is 5.26 Å². The molecule has 0 radical (unpaired) electrons. The Morgan fingerprint density at radius 3 is 2.13 bits per heavy atom. The Hall–Kier alpha value is -3.92. The highest BCUT2D eigenvalue weighted by atomic mass is 16.2. The number of hydrogen-bond acceptors (Lipinski definition) is 4. The van der Waals surface area contributed by atoms with Gasteiger partial charge in [-0.25, -0.2) is 4.98 Å². The maximum Gasteiger partial charge on any atom is 0.243 e. The minimum Gasteiger partial charge on any atom is -0.329 e. The first-order chi connectivity index (χ1) is 14.6. The van der Waals surface area contributed by atoms with Crippen molar-refractivity contribution < 1.29 is 9.59 Å². The molecule has 2 aromatic carbocycles. The Labute approximate surface area is 174 Å². The molecule has 1 aliphatic rings. The molecule has 0 spiro atoms. The summed E-state index contributed by atoms with van der Waals surface area (Å²) in [6.45, 7) is 1.50. The maximum absolute atomic E-state index is 12.7. The molecule has 7 heteroatoms. The summed E-state index contributed by atoms with van der Waals surface area (Å²) in [4.78, 5) is 32.7. The Bertz CT molecular complexity index is 1080. The monoisotopic (exact) mass is 399 g/mol. The fourth-order valence-corrected chi connectivity index (χ4v) is 3.49. The number of imidazole rings is 1. The predicted octanol–water partition coefficient (Wildman–Crippen LogP) is 2.17. The van der Waals surface area contributed by atoms with Crippen LogP contribution in [0.5, 0.6) is 0 Å². The highest BCUT2D eigenvalue weighted by molar-refractivity contribution is 5.92. The van der Waals surface area contributed by atoms with Crippen molar-refractivity contribution >= 4 is 11.8 Å². The van der Waals surface area contributed by atoms with Gasteiger partial charge in [0.15, 0.2) is 0 Å². The van der Waals surface area contributed by atoms with Crippen LogP contribution >= 0.6 is 0 Å². The molecule has 4 rings (SSSR count). The largest absolute Gasteiger partial charge is 0.329 e. The maximum atomic E-state index is 12.7. The van der Waals surface area contributed by atoms with Crippen LogP contribution in [0.4, 0.5) is 0 Å². The molecule has 30 heavy (non-hydrogen) atoms. The zero-order valence-electron chi connectivity index (χ0n) is 16.4. The summed E-state index contributed by atoms with van der Waals surface area (Å²) in [5, 5.41) is 8.93. The van der Waals surface area contributed by atoms with Gasteiger partial charge in [-0.2, -0.15) is 5.26 Å². The Morgan fingerprint density at radius 2 is 1.47 bits per heavy atom. The van der Waals surface area contributed by atoms with Crippen molar-refractivity contribution in [1.82, 2.24) is 19.4 Å². The number of nitrogens with zero attached hydrogens (tertiary/aromatic N) is 5. The molecule has 1 saturated heterocycles. The zero-order chi connectivity index (χ0) is 20.9. The number of benzene rings is 2. The number of carbonyl (C=O) groups excluding carboxylic acids is 2. The molecule has 1 aromatic heterocycles. The van der Waals surface area contributed by atoms with Crippen LogP contribution in [0.2, 0.25) is 0 Å². The van der Waals surface area contributed by atoms with Crippen LogP contribution in [0.25, 0.3) is 0 Å². The van der Waals surface area contributed by atoms with Crippen LogP contribution in [-0.4, -0.2) is 44.3 Å². The van der Waals surface area contributed by atoms with E-state index in [1.165, 1.54) is 0 Å². The van der Waals surface area contributed by atoms with Crippen molar-refractivity contribution in [2.24, 2.45) is 0 Å². The molecule has 1 fully saturated rings. The van der Waals surface area contributed by atoms with E-state index >= 15 is 0 Å². The van der Waals surface area contributed by atoms with Gasteiger partial charge in [0, 0.05) is 19.3 Å². The second kappa shape index (κ2) is 8.62. The minimum atomic E-state index is -0.0725. The fraction of sp³-hybridized carbons (Fsp3) is 0.217. The molecule has 0 unspecified atom stereocenters. The van der Waals surface area contributed by atoms with Gasteiger partial charge < -0.3 is 14.4 Å². The van der Waals surface area contributed by atoms with E-state index in [0.29, 0.717) is 25.2 Å². The molecule has 0 aliphatic carbocycles. The summed E-state index contributed by atoms with van der Waals surface area (Å²) in [7, 11) is 0. The van der Waals surface area contributed by atoms with E-state index in [2.05, 4.69) is 11.1 Å². The number of rotatable bonds is 6. The second-order valence-electron chi connectivity index (χ2n) is 7.31. The van der Waals surface area contributed by atoms with Gasteiger partial charge in [0.2, 0.25) is 11.8 Å². The standard InChI is InChI=1S/C23H21N5O2/c24-10-18-6-8-20(9-7-18)13-28-17-25-11-21(28)14-27-16-22(29)26(15-23(27)30)12-19-4-2-1-3-5-19/h1-9,11,17H,12-16H2.